The summed E-state index contributed by atoms with van der Waals surface area (Å²) in [5.41, 5.74) is 34.3. The summed E-state index contributed by atoms with van der Waals surface area (Å²) in [7, 11) is 0.857. The Kier molecular flexibility index (Phi) is 9.14. The van der Waals surface area contributed by atoms with Crippen LogP contribution < -0.4 is 16.2 Å². The maximum Gasteiger partial charge on any atom is 0.198 e. The minimum atomic E-state index is -0.186. The Morgan fingerprint density at radius 2 is 1.07 bits per heavy atom. The highest BCUT2D eigenvalue weighted by Crippen LogP contribution is 2.57. The number of nitrogens with zero attached hydrogens (tertiary/aromatic N) is 1. The van der Waals surface area contributed by atoms with Crippen LogP contribution in [0.5, 0.6) is 0 Å². The molecule has 0 unspecified atom stereocenters. The van der Waals surface area contributed by atoms with Gasteiger partial charge in [0, 0.05) is 44.3 Å². The van der Waals surface area contributed by atoms with Crippen molar-refractivity contribution in [3.8, 4) is 50.2 Å². The molecule has 9 aromatic rings. The molecule has 3 heteroatoms. The van der Waals surface area contributed by atoms with Gasteiger partial charge in [-0.15, -0.1) is 0 Å². The second-order valence-electron chi connectivity index (χ2n) is 26.5. The predicted molar refractivity (Wildman–Crippen MR) is 314 cm³/mol. The largest absolute Gasteiger partial charge is 0.355 e. The Labute approximate surface area is 434 Å². The minimum Gasteiger partial charge on any atom is -0.355 e. The van der Waals surface area contributed by atoms with E-state index in [4.69, 9.17) is 0 Å². The molecule has 8 aromatic carbocycles. The van der Waals surface area contributed by atoms with Crippen molar-refractivity contribution < 1.29 is 0 Å². The number of fused-ring (bicyclic) bond motifs is 13. The molecular weight excluding hydrogens is 880 g/mol. The van der Waals surface area contributed by atoms with E-state index in [1.165, 1.54) is 164 Å². The third kappa shape index (κ3) is 6.42. The van der Waals surface area contributed by atoms with Crippen LogP contribution >= 0.6 is 0 Å². The van der Waals surface area contributed by atoms with Crippen LogP contribution in [0, 0.1) is 13.8 Å². The van der Waals surface area contributed by atoms with E-state index < -0.39 is 0 Å². The Morgan fingerprint density at radius 3 is 1.79 bits per heavy atom. The van der Waals surface area contributed by atoms with Crippen LogP contribution in [0.25, 0.3) is 72.0 Å². The van der Waals surface area contributed by atoms with Crippen molar-refractivity contribution in [2.24, 2.45) is 0 Å². The molecule has 0 radical (unpaired) electrons. The molecule has 0 amide bonds. The van der Waals surface area contributed by atoms with E-state index >= 15 is 0 Å². The summed E-state index contributed by atoms with van der Waals surface area (Å²) in [5.74, 6) is 0. The molecule has 0 saturated heterocycles. The lowest BCUT2D eigenvalue weighted by Crippen LogP contribution is -2.37. The Balaban J connectivity index is 1.12. The molecule has 2 nitrogen and oxygen atoms in total. The molecular formula is C70H69BN2. The number of benzene rings is 8. The van der Waals surface area contributed by atoms with Gasteiger partial charge in [-0.05, 0) is 211 Å². The van der Waals surface area contributed by atoms with Crippen LogP contribution in [0.15, 0.2) is 127 Å². The lowest BCUT2D eigenvalue weighted by molar-refractivity contribution is 0.331. The molecule has 362 valence electrons. The molecule has 73 heavy (non-hydrogen) atoms. The standard InChI is InChI=1S/C70H69BN2/c1-39-17-21-44(22-18-39)72-60-37-54-48(49-34-55-57(36-53(49)70(54,11)12)68(7,8)27-25-66(55,3)4)33-50(60)51-32-47(42-20-23-46-43(31-42)30-41-15-13-14-16-45(41)46)63-52-35-56-58(69(9,10)28-26-67(56,5)6)38-62(52)73-61-24-19-40(2)29-59(61)71-64(51)65(63)73/h13-24,29,31-38,71-72H,25-28,30H2,1-12H3. The monoisotopic (exact) mass is 949 g/mol. The number of aromatic nitrogens is 1. The third-order valence-corrected chi connectivity index (χ3v) is 19.5. The van der Waals surface area contributed by atoms with E-state index in [0.29, 0.717) is 0 Å². The molecule has 0 saturated carbocycles. The van der Waals surface area contributed by atoms with Crippen molar-refractivity contribution in [2.75, 3.05) is 5.32 Å². The Hall–Kier alpha value is -6.58. The summed E-state index contributed by atoms with van der Waals surface area (Å²) in [6, 6.07) is 51.0. The van der Waals surface area contributed by atoms with Gasteiger partial charge in [-0.2, -0.15) is 0 Å². The van der Waals surface area contributed by atoms with Crippen LogP contribution in [0.4, 0.5) is 11.4 Å². The molecule has 4 aliphatic carbocycles. The summed E-state index contributed by atoms with van der Waals surface area (Å²) < 4.78 is 2.71. The molecule has 1 aromatic heterocycles. The average Bonchev–Trinajstić information content (AvgIpc) is 3.97. The Morgan fingerprint density at radius 1 is 0.466 bits per heavy atom. The van der Waals surface area contributed by atoms with Crippen LogP contribution in [-0.2, 0) is 33.5 Å². The maximum atomic E-state index is 4.11. The van der Waals surface area contributed by atoms with Crippen molar-refractivity contribution in [3.63, 3.8) is 0 Å². The zero-order chi connectivity index (χ0) is 50.5. The molecule has 14 rings (SSSR count). The summed E-state index contributed by atoms with van der Waals surface area (Å²) in [4.78, 5) is 0. The summed E-state index contributed by atoms with van der Waals surface area (Å²) >= 11 is 0. The molecule has 5 aliphatic rings. The van der Waals surface area contributed by atoms with Crippen LogP contribution in [0.1, 0.15) is 151 Å². The summed E-state index contributed by atoms with van der Waals surface area (Å²) in [5, 5.41) is 6.87. The van der Waals surface area contributed by atoms with E-state index in [0.717, 1.165) is 25.1 Å². The molecule has 0 spiro atoms. The maximum absolute atomic E-state index is 4.11. The van der Waals surface area contributed by atoms with E-state index in [1.807, 2.05) is 0 Å². The topological polar surface area (TPSA) is 17.0 Å². The van der Waals surface area contributed by atoms with Gasteiger partial charge in [0.05, 0.1) is 5.52 Å². The number of rotatable bonds is 4. The molecule has 0 atom stereocenters. The van der Waals surface area contributed by atoms with Crippen LogP contribution in [-0.4, -0.2) is 11.8 Å². The highest BCUT2D eigenvalue weighted by molar-refractivity contribution is 6.73. The lowest BCUT2D eigenvalue weighted by Gasteiger charge is -2.42. The number of hydrogen-bond acceptors (Lipinski definition) is 1. The van der Waals surface area contributed by atoms with E-state index in [2.05, 4.69) is 220 Å². The highest BCUT2D eigenvalue weighted by atomic mass is 15.0. The Bertz CT molecular complexity index is 3920. The van der Waals surface area contributed by atoms with Crippen LogP contribution in [0.2, 0.25) is 0 Å². The second kappa shape index (κ2) is 14.8. The molecule has 0 fully saturated rings. The van der Waals surface area contributed by atoms with Crippen LogP contribution in [0.3, 0.4) is 0 Å². The summed E-state index contributed by atoms with van der Waals surface area (Å²) in [6.07, 6.45) is 5.72. The summed E-state index contributed by atoms with van der Waals surface area (Å²) in [6.45, 7) is 29.2. The molecule has 1 aliphatic heterocycles. The molecule has 2 heterocycles. The minimum absolute atomic E-state index is 0.0696. The van der Waals surface area contributed by atoms with Crippen molar-refractivity contribution >= 4 is 51.4 Å². The highest BCUT2D eigenvalue weighted by Gasteiger charge is 2.44. The van der Waals surface area contributed by atoms with Gasteiger partial charge in [0.2, 0.25) is 0 Å². The van der Waals surface area contributed by atoms with Gasteiger partial charge in [-0.3, -0.25) is 0 Å². The van der Waals surface area contributed by atoms with E-state index in [9.17, 15) is 0 Å². The predicted octanol–water partition coefficient (Wildman–Crippen LogP) is 16.8. The zero-order valence-corrected chi connectivity index (χ0v) is 45.3. The quantitative estimate of drug-likeness (QED) is 0.174. The second-order valence-corrected chi connectivity index (χ2v) is 26.5. The molecule has 0 bridgehead atoms. The number of aryl methyl sites for hydroxylation is 2. The third-order valence-electron chi connectivity index (χ3n) is 19.5. The zero-order valence-electron chi connectivity index (χ0n) is 45.3. The van der Waals surface area contributed by atoms with E-state index in [1.54, 1.807) is 0 Å². The van der Waals surface area contributed by atoms with Gasteiger partial charge in [-0.1, -0.05) is 159 Å². The van der Waals surface area contributed by atoms with E-state index in [-0.39, 0.29) is 27.1 Å². The fourth-order valence-electron chi connectivity index (χ4n) is 14.8. The van der Waals surface area contributed by atoms with Crippen molar-refractivity contribution in [1.82, 2.24) is 4.57 Å². The molecule has 1 N–H and O–H groups in total. The van der Waals surface area contributed by atoms with Gasteiger partial charge >= 0.3 is 0 Å². The number of nitrogens with one attached hydrogen (secondary N) is 1. The van der Waals surface area contributed by atoms with Crippen molar-refractivity contribution in [2.45, 2.75) is 142 Å². The lowest BCUT2D eigenvalue weighted by atomic mass is 9.58. The first-order valence-corrected chi connectivity index (χ1v) is 27.4. The van der Waals surface area contributed by atoms with Gasteiger partial charge in [0.25, 0.3) is 0 Å². The first-order valence-electron chi connectivity index (χ1n) is 27.4. The smallest absolute Gasteiger partial charge is 0.198 e. The fourth-order valence-corrected chi connectivity index (χ4v) is 14.8. The first-order chi connectivity index (χ1) is 34.7. The number of hydrogen-bond donors (Lipinski definition) is 1. The number of anilines is 2. The normalized spacial score (nSPS) is 18.2. The van der Waals surface area contributed by atoms with Gasteiger partial charge in [0.1, 0.15) is 0 Å². The van der Waals surface area contributed by atoms with Gasteiger partial charge in [-0.25, -0.2) is 0 Å². The van der Waals surface area contributed by atoms with Crippen molar-refractivity contribution in [3.05, 3.63) is 183 Å². The van der Waals surface area contributed by atoms with Gasteiger partial charge in [0.15, 0.2) is 7.28 Å². The average molecular weight is 949 g/mol. The van der Waals surface area contributed by atoms with Crippen molar-refractivity contribution in [1.29, 1.82) is 0 Å². The fraction of sp³-hybridized carbons (Fsp3) is 0.314. The first kappa shape index (κ1) is 45.1. The SMILES string of the molecule is Cc1ccc(Nc2cc3c(cc2-c2cc(-c4ccc5c(c4)Cc4ccccc4-5)c4c5cc6c(cc5n5c4c2Bc2cc(C)ccc2-5)C(C)(C)CCC6(C)C)-c2cc4c(cc2C3(C)C)C(C)(C)CCC4(C)C)cc1. The van der Waals surface area contributed by atoms with Gasteiger partial charge < -0.3 is 9.88 Å².